The van der Waals surface area contributed by atoms with Crippen molar-refractivity contribution in [1.82, 2.24) is 20.2 Å². The molecule has 0 unspecified atom stereocenters. The number of hydrogen-bond donors (Lipinski definition) is 2. The number of halogens is 1. The van der Waals surface area contributed by atoms with Crippen LogP contribution >= 0.6 is 15.9 Å². The number of anilines is 1. The van der Waals surface area contributed by atoms with Gasteiger partial charge in [0.15, 0.2) is 5.69 Å². The minimum atomic E-state index is -0.409. The molecule has 0 bridgehead atoms. The van der Waals surface area contributed by atoms with Gasteiger partial charge in [0.05, 0.1) is 10.2 Å². The normalized spacial score (nSPS) is 8.49. The average Bonchev–Trinajstić information content (AvgIpc) is 3.37. The van der Waals surface area contributed by atoms with Crippen molar-refractivity contribution in [3.05, 3.63) is 166 Å². The molecule has 2 aromatic heterocycles. The van der Waals surface area contributed by atoms with Crippen molar-refractivity contribution in [2.75, 3.05) is 5.32 Å². The first kappa shape index (κ1) is 34.8. The highest BCUT2D eigenvalue weighted by Gasteiger charge is 2.14. The summed E-state index contributed by atoms with van der Waals surface area (Å²) in [5.41, 5.74) is 31.9. The molecule has 0 aliphatic rings. The highest BCUT2D eigenvalue weighted by Crippen LogP contribution is 2.14. The summed E-state index contributed by atoms with van der Waals surface area (Å²) in [6.07, 6.45) is 4.82. The van der Waals surface area contributed by atoms with Crippen LogP contribution in [0.4, 0.5) is 5.69 Å². The van der Waals surface area contributed by atoms with Crippen molar-refractivity contribution in [3.8, 4) is 0 Å². The number of pyridine rings is 1. The van der Waals surface area contributed by atoms with E-state index < -0.39 is 5.91 Å². The molecular formula is C34H25BrN6O2. The number of hydrazone groups is 1. The van der Waals surface area contributed by atoms with Crippen molar-refractivity contribution in [1.29, 1.82) is 0 Å². The Hall–Kier alpha value is -6.27. The topological polar surface area (TPSA) is 101 Å². The fourth-order valence-corrected chi connectivity index (χ4v) is 3.20. The number of aromatic nitrogens is 3. The Bertz CT molecular complexity index is 1840. The summed E-state index contributed by atoms with van der Waals surface area (Å²) < 4.78 is 2.13. The highest BCUT2D eigenvalue weighted by molar-refractivity contribution is 9.10. The molecule has 210 valence electrons. The molecule has 2 amide bonds. The van der Waals surface area contributed by atoms with Crippen molar-refractivity contribution in [2.45, 2.75) is 6.92 Å². The van der Waals surface area contributed by atoms with Gasteiger partial charge in [-0.05, 0) is 119 Å². The molecule has 2 N–H and O–H groups in total. The van der Waals surface area contributed by atoms with Gasteiger partial charge in [0.2, 0.25) is 0 Å². The molecule has 43 heavy (non-hydrogen) atoms. The second kappa shape index (κ2) is 20.6. The molecule has 1 aromatic carbocycles. The fraction of sp³-hybridized carbons (Fsp3) is 0.0588. The molecule has 0 fully saturated rings. The molecule has 8 nitrogen and oxygen atoms in total. The number of nitrogens with one attached hydrogen (secondary N) is 2. The van der Waals surface area contributed by atoms with Crippen LogP contribution < -0.4 is 10.7 Å². The third-order valence-electron chi connectivity index (χ3n) is 4.49. The Morgan fingerprint density at radius 1 is 0.791 bits per heavy atom. The van der Waals surface area contributed by atoms with Crippen LogP contribution in [0, 0.1) is 0 Å². The Kier molecular flexibility index (Phi) is 16.7. The zero-order valence-electron chi connectivity index (χ0n) is 23.5. The second-order valence-corrected chi connectivity index (χ2v) is 8.34. The van der Waals surface area contributed by atoms with Crippen molar-refractivity contribution in [3.63, 3.8) is 0 Å². The molecule has 3 aromatic rings. The molecule has 0 spiro atoms. The number of hydrogen-bond acceptors (Lipinski definition) is 5. The monoisotopic (exact) mass is 628 g/mol. The first-order chi connectivity index (χ1) is 20.8. The summed E-state index contributed by atoms with van der Waals surface area (Å²) >= 11 is 3.28. The molecule has 0 radical (unpaired) electrons. The average molecular weight is 630 g/mol. The van der Waals surface area contributed by atoms with E-state index in [1.54, 1.807) is 56.8 Å². The van der Waals surface area contributed by atoms with Crippen molar-refractivity contribution in [2.24, 2.45) is 12.1 Å². The van der Waals surface area contributed by atoms with Crippen LogP contribution in [0.3, 0.4) is 0 Å². The predicted octanol–water partition coefficient (Wildman–Crippen LogP) is 6.29. The summed E-state index contributed by atoms with van der Waals surface area (Å²) in [7, 11) is 1.73. The van der Waals surface area contributed by atoms with Gasteiger partial charge in [-0.3, -0.25) is 19.3 Å². The molecule has 0 saturated carbocycles. The van der Waals surface area contributed by atoms with Gasteiger partial charge < -0.3 is 5.32 Å². The molecule has 3 rings (SSSR count). The lowest BCUT2D eigenvalue weighted by atomic mass is 10.1. The Morgan fingerprint density at radius 3 is 1.79 bits per heavy atom. The van der Waals surface area contributed by atoms with Crippen LogP contribution in [0.1, 0.15) is 33.3 Å². The van der Waals surface area contributed by atoms with Gasteiger partial charge in [-0.1, -0.05) is 35.1 Å². The fourth-order valence-electron chi connectivity index (χ4n) is 2.64. The minimum absolute atomic E-state index is 0.214. The van der Waals surface area contributed by atoms with E-state index in [0.717, 1.165) is 5.56 Å². The number of carbonyl (C=O) groups is 2. The quantitative estimate of drug-likeness (QED) is 0.197. The van der Waals surface area contributed by atoms with E-state index in [0.29, 0.717) is 21.4 Å². The number of aryl methyl sites for hydroxylation is 1. The van der Waals surface area contributed by atoms with E-state index >= 15 is 0 Å². The van der Waals surface area contributed by atoms with Gasteiger partial charge in [-0.25, -0.2) is 5.43 Å². The third kappa shape index (κ3) is 14.1. The summed E-state index contributed by atoms with van der Waals surface area (Å²) in [5.74, 6) is -0.623. The maximum absolute atomic E-state index is 12.2. The van der Waals surface area contributed by atoms with E-state index in [9.17, 15) is 9.59 Å². The summed E-state index contributed by atoms with van der Waals surface area (Å²) in [6, 6.07) is 10.4. The molecule has 2 heterocycles. The van der Waals surface area contributed by atoms with Crippen LogP contribution in [0.25, 0.3) is 0 Å². The molecular weight excluding hydrogens is 604 g/mol. The lowest BCUT2D eigenvalue weighted by Gasteiger charge is -2.07. The Balaban J connectivity index is 0.000000511. The zero-order chi connectivity index (χ0) is 31.9. The van der Waals surface area contributed by atoms with E-state index in [1.165, 1.54) is 4.68 Å². The Labute approximate surface area is 258 Å². The number of rotatable bonds is 5. The summed E-state index contributed by atoms with van der Waals surface area (Å²) in [4.78, 5) is 28.2. The smallest absolute Gasteiger partial charge is 0.293 e. The molecule has 0 atom stereocenters. The third-order valence-corrected chi connectivity index (χ3v) is 5.07. The number of benzene rings is 1. The van der Waals surface area contributed by atoms with E-state index in [1.807, 2.05) is 12.1 Å². The number of carbonyl (C=O) groups excluding carboxylic acids is 2. The van der Waals surface area contributed by atoms with Gasteiger partial charge in [-0.2, -0.15) is 10.2 Å². The molecule has 0 aliphatic carbocycles. The van der Waals surface area contributed by atoms with Gasteiger partial charge >= 0.3 is 0 Å². The minimum Gasteiger partial charge on any atom is -0.322 e. The molecule has 9 heteroatoms. The van der Waals surface area contributed by atoms with Gasteiger partial charge in [0.1, 0.15) is 0 Å². The van der Waals surface area contributed by atoms with Crippen LogP contribution in [0.5, 0.6) is 0 Å². The summed E-state index contributed by atoms with van der Waals surface area (Å²) in [5, 5.41) is 11.0. The largest absolute Gasteiger partial charge is 0.322 e. The summed E-state index contributed by atoms with van der Waals surface area (Å²) in [6.45, 7) is 14.7. The van der Waals surface area contributed by atoms with Gasteiger partial charge in [-0.15, -0.1) is 0 Å². The maximum atomic E-state index is 12.2. The standard InChI is InChI=1S/C19H17BrN6O2.C10H4.C5H4/c1-12(23-24-19(28)17-16(20)11-26(2)25-17)13-3-5-15(6-4-13)22-18(27)14-7-9-21-10-8-14;1-3-5-7-9-10-8-6-4-2;1-3-5-4-2/h3-11H,1-2H3,(H,22,27)(H,24,28);1-2H2;1-2H2/b23-12+;;. The van der Waals surface area contributed by atoms with Crippen LogP contribution in [0.2, 0.25) is 0 Å². The number of amides is 2. The predicted molar refractivity (Wildman–Crippen MR) is 170 cm³/mol. The molecule has 0 saturated heterocycles. The first-order valence-electron chi connectivity index (χ1n) is 12.0. The van der Waals surface area contributed by atoms with Crippen LogP contribution in [0.15, 0.2) is 154 Å². The maximum Gasteiger partial charge on any atom is 0.293 e. The van der Waals surface area contributed by atoms with Gasteiger partial charge in [0.25, 0.3) is 11.8 Å². The first-order valence-corrected chi connectivity index (χ1v) is 12.8. The van der Waals surface area contributed by atoms with E-state index in [2.05, 4.69) is 131 Å². The van der Waals surface area contributed by atoms with Crippen molar-refractivity contribution < 1.29 is 9.59 Å². The highest BCUT2D eigenvalue weighted by atomic mass is 79.9. The number of nitrogens with zero attached hydrogens (tertiary/aromatic N) is 4. The van der Waals surface area contributed by atoms with E-state index in [-0.39, 0.29) is 11.6 Å². The van der Waals surface area contributed by atoms with Crippen LogP contribution in [-0.4, -0.2) is 32.3 Å². The zero-order valence-corrected chi connectivity index (χ0v) is 25.1. The second-order valence-electron chi connectivity index (χ2n) is 7.49. The lowest BCUT2D eigenvalue weighted by molar-refractivity contribution is 0.0947. The van der Waals surface area contributed by atoms with Crippen molar-refractivity contribution >= 4 is 39.1 Å². The van der Waals surface area contributed by atoms with Gasteiger partial charge in [0, 0.05) is 36.9 Å². The lowest BCUT2D eigenvalue weighted by Crippen LogP contribution is -2.20. The molecule has 0 aliphatic heterocycles. The Morgan fingerprint density at radius 2 is 1.33 bits per heavy atom. The van der Waals surface area contributed by atoms with Crippen LogP contribution in [-0.2, 0) is 7.05 Å². The van der Waals surface area contributed by atoms with E-state index in [4.69, 9.17) is 0 Å². The SMILES string of the molecule is C/C(=N\NC(=O)c1nn(C)cc1Br)c1ccc(NC(=O)c2ccncc2)cc1.C=C=C=C=C.C=C=C=C=C=C=C=C=C=C.